The van der Waals surface area contributed by atoms with Crippen molar-refractivity contribution in [1.82, 2.24) is 0 Å². The number of carbonyl (C=O) groups is 1. The van der Waals surface area contributed by atoms with E-state index in [1.165, 1.54) is 25.3 Å². The molecule has 1 atom stereocenters. The maximum atomic E-state index is 11.9. The number of nitrogens with zero attached hydrogens (tertiary/aromatic N) is 1. The van der Waals surface area contributed by atoms with Gasteiger partial charge in [0.15, 0.2) is 0 Å². The molecular weight excluding hydrogens is 252 g/mol. The first-order chi connectivity index (χ1) is 9.11. The van der Waals surface area contributed by atoms with Crippen molar-refractivity contribution in [2.24, 2.45) is 0 Å². The molecular formula is C12H14N2O5. The van der Waals surface area contributed by atoms with Crippen LogP contribution in [0.3, 0.4) is 0 Å². The number of nitro benzene ring substituents is 1. The summed E-state index contributed by atoms with van der Waals surface area (Å²) in [5.74, 6) is -0.00907. The van der Waals surface area contributed by atoms with Crippen molar-refractivity contribution in [3.63, 3.8) is 0 Å². The molecule has 1 amide bonds. The smallest absolute Gasteiger partial charge is 0.273 e. The molecule has 0 radical (unpaired) electrons. The Morgan fingerprint density at radius 1 is 1.58 bits per heavy atom. The fraction of sp³-hybridized carbons (Fsp3) is 0.417. The highest BCUT2D eigenvalue weighted by molar-refractivity contribution is 5.95. The number of ether oxygens (including phenoxy) is 2. The maximum Gasteiger partial charge on any atom is 0.273 e. The average molecular weight is 266 g/mol. The van der Waals surface area contributed by atoms with Gasteiger partial charge in [-0.05, 0) is 18.9 Å². The van der Waals surface area contributed by atoms with Gasteiger partial charge in [0.25, 0.3) is 11.6 Å². The lowest BCUT2D eigenvalue weighted by molar-refractivity contribution is -0.384. The summed E-state index contributed by atoms with van der Waals surface area (Å²) in [5.41, 5.74) is 0.306. The summed E-state index contributed by atoms with van der Waals surface area (Å²) < 4.78 is 10.3. The van der Waals surface area contributed by atoms with Crippen LogP contribution in [0.4, 0.5) is 11.4 Å². The number of methoxy groups -OCH3 is 1. The minimum atomic E-state index is -0.520. The predicted molar refractivity (Wildman–Crippen MR) is 67.3 cm³/mol. The zero-order valence-corrected chi connectivity index (χ0v) is 10.4. The van der Waals surface area contributed by atoms with Gasteiger partial charge in [0.1, 0.15) is 11.9 Å². The number of rotatable bonds is 4. The highest BCUT2D eigenvalue weighted by Crippen LogP contribution is 2.29. The molecule has 7 nitrogen and oxygen atoms in total. The lowest BCUT2D eigenvalue weighted by Crippen LogP contribution is -2.27. The van der Waals surface area contributed by atoms with E-state index >= 15 is 0 Å². The summed E-state index contributed by atoms with van der Waals surface area (Å²) in [7, 11) is 1.39. The summed E-state index contributed by atoms with van der Waals surface area (Å²) >= 11 is 0. The number of nitrogens with one attached hydrogen (secondary N) is 1. The molecule has 1 aromatic carbocycles. The maximum absolute atomic E-state index is 11.9. The van der Waals surface area contributed by atoms with Crippen molar-refractivity contribution in [2.75, 3.05) is 19.0 Å². The van der Waals surface area contributed by atoms with Gasteiger partial charge in [0.05, 0.1) is 23.8 Å². The van der Waals surface area contributed by atoms with Gasteiger partial charge in [0.2, 0.25) is 0 Å². The molecule has 1 saturated heterocycles. The molecule has 2 rings (SSSR count). The standard InChI is InChI=1S/C12H14N2O5/c1-18-11-7-8(14(16)17)4-5-9(11)13-12(15)10-3-2-6-19-10/h4-5,7,10H,2-3,6H2,1H3,(H,13,15). The van der Waals surface area contributed by atoms with Gasteiger partial charge >= 0.3 is 0 Å². The second-order valence-electron chi connectivity index (χ2n) is 4.13. The highest BCUT2D eigenvalue weighted by atomic mass is 16.6. The Morgan fingerprint density at radius 3 is 2.95 bits per heavy atom. The minimum absolute atomic E-state index is 0.0908. The van der Waals surface area contributed by atoms with Crippen LogP contribution in [0.25, 0.3) is 0 Å². The quantitative estimate of drug-likeness (QED) is 0.661. The molecule has 1 aliphatic rings. The number of amides is 1. The van der Waals surface area contributed by atoms with E-state index in [2.05, 4.69) is 5.32 Å². The minimum Gasteiger partial charge on any atom is -0.494 e. The Bertz CT molecular complexity index is 497. The SMILES string of the molecule is COc1cc([N+](=O)[O-])ccc1NC(=O)C1CCCO1. The van der Waals surface area contributed by atoms with Crippen LogP contribution in [0.5, 0.6) is 5.75 Å². The topological polar surface area (TPSA) is 90.7 Å². The Balaban J connectivity index is 2.15. The molecule has 0 aromatic heterocycles. The van der Waals surface area contributed by atoms with Crippen LogP contribution in [0, 0.1) is 10.1 Å². The van der Waals surface area contributed by atoms with Gasteiger partial charge < -0.3 is 14.8 Å². The van der Waals surface area contributed by atoms with Crippen molar-refractivity contribution >= 4 is 17.3 Å². The van der Waals surface area contributed by atoms with Crippen molar-refractivity contribution < 1.29 is 19.2 Å². The number of nitro groups is 1. The molecule has 102 valence electrons. The monoisotopic (exact) mass is 266 g/mol. The largest absolute Gasteiger partial charge is 0.494 e. The molecule has 0 aliphatic carbocycles. The van der Waals surface area contributed by atoms with Gasteiger partial charge in [-0.15, -0.1) is 0 Å². The molecule has 1 unspecified atom stereocenters. The second-order valence-corrected chi connectivity index (χ2v) is 4.13. The molecule has 1 N–H and O–H groups in total. The van der Waals surface area contributed by atoms with E-state index in [-0.39, 0.29) is 17.3 Å². The fourth-order valence-corrected chi connectivity index (χ4v) is 1.89. The lowest BCUT2D eigenvalue weighted by Gasteiger charge is -2.13. The molecule has 1 aliphatic heterocycles. The number of anilines is 1. The molecule has 0 saturated carbocycles. The van der Waals surface area contributed by atoms with E-state index in [0.29, 0.717) is 18.7 Å². The lowest BCUT2D eigenvalue weighted by atomic mass is 10.2. The zero-order chi connectivity index (χ0) is 13.8. The summed E-state index contributed by atoms with van der Waals surface area (Å²) in [6, 6.07) is 4.03. The van der Waals surface area contributed by atoms with Crippen molar-refractivity contribution in [1.29, 1.82) is 0 Å². The van der Waals surface area contributed by atoms with Crippen molar-refractivity contribution in [2.45, 2.75) is 18.9 Å². The van der Waals surface area contributed by atoms with E-state index in [1.54, 1.807) is 0 Å². The summed E-state index contributed by atoms with van der Waals surface area (Å²) in [6.45, 7) is 0.579. The number of non-ortho nitro benzene ring substituents is 1. The van der Waals surface area contributed by atoms with E-state index in [4.69, 9.17) is 9.47 Å². The van der Waals surface area contributed by atoms with Gasteiger partial charge in [0, 0.05) is 12.7 Å². The average Bonchev–Trinajstić information content (AvgIpc) is 2.92. The fourth-order valence-electron chi connectivity index (χ4n) is 1.89. The Morgan fingerprint density at radius 2 is 2.37 bits per heavy atom. The second kappa shape index (κ2) is 5.66. The normalized spacial score (nSPS) is 18.1. The third-order valence-electron chi connectivity index (χ3n) is 2.88. The van der Waals surface area contributed by atoms with Crippen LogP contribution in [-0.4, -0.2) is 30.7 Å². The van der Waals surface area contributed by atoms with Gasteiger partial charge in [-0.1, -0.05) is 0 Å². The number of benzene rings is 1. The predicted octanol–water partition coefficient (Wildman–Crippen LogP) is 1.72. The molecule has 19 heavy (non-hydrogen) atoms. The molecule has 1 heterocycles. The first kappa shape index (κ1) is 13.3. The molecule has 1 fully saturated rings. The summed E-state index contributed by atoms with van der Waals surface area (Å²) in [4.78, 5) is 22.0. The molecule has 0 spiro atoms. The van der Waals surface area contributed by atoms with Crippen molar-refractivity contribution in [3.8, 4) is 5.75 Å². The molecule has 0 bridgehead atoms. The van der Waals surface area contributed by atoms with E-state index in [9.17, 15) is 14.9 Å². The van der Waals surface area contributed by atoms with Crippen LogP contribution in [0.15, 0.2) is 18.2 Å². The van der Waals surface area contributed by atoms with E-state index < -0.39 is 11.0 Å². The van der Waals surface area contributed by atoms with Crippen LogP contribution in [-0.2, 0) is 9.53 Å². The first-order valence-electron chi connectivity index (χ1n) is 5.86. The van der Waals surface area contributed by atoms with Crippen molar-refractivity contribution in [3.05, 3.63) is 28.3 Å². The van der Waals surface area contributed by atoms with Crippen LogP contribution in [0.2, 0.25) is 0 Å². The third kappa shape index (κ3) is 3.00. The summed E-state index contributed by atoms with van der Waals surface area (Å²) in [6.07, 6.45) is 1.08. The van der Waals surface area contributed by atoms with E-state index in [1.807, 2.05) is 0 Å². The highest BCUT2D eigenvalue weighted by Gasteiger charge is 2.24. The van der Waals surface area contributed by atoms with E-state index in [0.717, 1.165) is 6.42 Å². The Kier molecular flexibility index (Phi) is 3.96. The summed E-state index contributed by atoms with van der Waals surface area (Å²) in [5, 5.41) is 13.3. The third-order valence-corrected chi connectivity index (χ3v) is 2.88. The number of carbonyl (C=O) groups excluding carboxylic acids is 1. The molecule has 1 aromatic rings. The zero-order valence-electron chi connectivity index (χ0n) is 10.4. The van der Waals surface area contributed by atoms with Crippen LogP contribution < -0.4 is 10.1 Å². The van der Waals surface area contributed by atoms with Gasteiger partial charge in [-0.2, -0.15) is 0 Å². The molecule has 7 heteroatoms. The van der Waals surface area contributed by atoms with Gasteiger partial charge in [-0.25, -0.2) is 0 Å². The van der Waals surface area contributed by atoms with Gasteiger partial charge in [-0.3, -0.25) is 14.9 Å². The van der Waals surface area contributed by atoms with Crippen LogP contribution in [0.1, 0.15) is 12.8 Å². The first-order valence-corrected chi connectivity index (χ1v) is 5.86. The Hall–Kier alpha value is -2.15. The number of hydrogen-bond acceptors (Lipinski definition) is 5. The van der Waals surface area contributed by atoms with Crippen LogP contribution >= 0.6 is 0 Å². The Labute approximate surface area is 109 Å². The number of hydrogen-bond donors (Lipinski definition) is 1.